The van der Waals surface area contributed by atoms with Crippen molar-refractivity contribution in [3.05, 3.63) is 93.2 Å². The van der Waals surface area contributed by atoms with Crippen molar-refractivity contribution in [1.29, 1.82) is 0 Å². The lowest BCUT2D eigenvalue weighted by Crippen LogP contribution is -2.47. The number of morpholine rings is 1. The number of thiophene rings is 1. The highest BCUT2D eigenvalue weighted by Crippen LogP contribution is 2.30. The Bertz CT molecular complexity index is 1240. The quantitative estimate of drug-likeness (QED) is 0.348. The molecule has 0 N–H and O–H groups in total. The Hall–Kier alpha value is -3.21. The largest absolute Gasteiger partial charge is 0.416 e. The summed E-state index contributed by atoms with van der Waals surface area (Å²) in [6, 6.07) is 17.9. The second kappa shape index (κ2) is 13.2. The van der Waals surface area contributed by atoms with Gasteiger partial charge < -0.3 is 14.5 Å². The molecule has 3 aromatic rings. The maximum absolute atomic E-state index is 13.7. The van der Waals surface area contributed by atoms with Crippen molar-refractivity contribution in [3.63, 3.8) is 0 Å². The summed E-state index contributed by atoms with van der Waals surface area (Å²) >= 11 is 1.60. The number of hydrogen-bond donors (Lipinski definition) is 0. The molecule has 0 spiro atoms. The third-order valence-electron chi connectivity index (χ3n) is 6.55. The minimum Gasteiger partial charge on any atom is -0.379 e. The second-order valence-electron chi connectivity index (χ2n) is 9.51. The van der Waals surface area contributed by atoms with Gasteiger partial charge in [-0.3, -0.25) is 14.5 Å². The van der Waals surface area contributed by atoms with Crippen LogP contribution in [0.5, 0.6) is 0 Å². The summed E-state index contributed by atoms with van der Waals surface area (Å²) in [6.45, 7) is 5.72. The van der Waals surface area contributed by atoms with Gasteiger partial charge in [0, 0.05) is 48.0 Å². The minimum atomic E-state index is -4.57. The Morgan fingerprint density at radius 3 is 2.36 bits per heavy atom. The first kappa shape index (κ1) is 28.8. The summed E-state index contributed by atoms with van der Waals surface area (Å²) in [5, 5.41) is 0. The van der Waals surface area contributed by atoms with Crippen molar-refractivity contribution in [2.75, 3.05) is 45.9 Å². The van der Waals surface area contributed by atoms with Gasteiger partial charge in [0.25, 0.3) is 5.91 Å². The molecule has 4 rings (SSSR count). The molecule has 1 fully saturated rings. The van der Waals surface area contributed by atoms with Gasteiger partial charge in [-0.1, -0.05) is 36.4 Å². The molecule has 208 valence electrons. The van der Waals surface area contributed by atoms with E-state index in [1.54, 1.807) is 16.2 Å². The number of rotatable bonds is 10. The van der Waals surface area contributed by atoms with E-state index in [0.717, 1.165) is 27.5 Å². The molecule has 0 radical (unpaired) electrons. The van der Waals surface area contributed by atoms with Gasteiger partial charge in [0.2, 0.25) is 5.91 Å². The SMILES string of the molecule is Cc1ccc(CN(Cc2ccccc2)C(=O)CN(CCN2CCOCC2)C(=O)c2cccc(C(F)(F)F)c2)s1. The average Bonchev–Trinajstić information content (AvgIpc) is 3.35. The first-order chi connectivity index (χ1) is 18.7. The first-order valence-corrected chi connectivity index (χ1v) is 13.6. The Kier molecular flexibility index (Phi) is 9.77. The van der Waals surface area contributed by atoms with E-state index in [4.69, 9.17) is 4.74 Å². The molecule has 6 nitrogen and oxygen atoms in total. The maximum Gasteiger partial charge on any atom is 0.416 e. The predicted octanol–water partition coefficient (Wildman–Crippen LogP) is 5.08. The molecular formula is C29H32F3N3O3S. The van der Waals surface area contributed by atoms with E-state index >= 15 is 0 Å². The highest BCUT2D eigenvalue weighted by atomic mass is 32.1. The van der Waals surface area contributed by atoms with Crippen molar-refractivity contribution in [2.45, 2.75) is 26.2 Å². The Morgan fingerprint density at radius 1 is 0.949 bits per heavy atom. The van der Waals surface area contributed by atoms with Gasteiger partial charge >= 0.3 is 6.18 Å². The van der Waals surface area contributed by atoms with Crippen LogP contribution < -0.4 is 0 Å². The molecule has 0 bridgehead atoms. The Balaban J connectivity index is 1.56. The van der Waals surface area contributed by atoms with E-state index in [1.165, 1.54) is 17.0 Å². The van der Waals surface area contributed by atoms with Crippen LogP contribution in [0.4, 0.5) is 13.2 Å². The van der Waals surface area contributed by atoms with Gasteiger partial charge in [0.1, 0.15) is 6.54 Å². The molecule has 2 aromatic carbocycles. The lowest BCUT2D eigenvalue weighted by Gasteiger charge is -2.31. The minimum absolute atomic E-state index is 0.0944. The van der Waals surface area contributed by atoms with Gasteiger partial charge in [-0.05, 0) is 42.8 Å². The second-order valence-corrected chi connectivity index (χ2v) is 10.9. The van der Waals surface area contributed by atoms with E-state index in [1.807, 2.05) is 49.4 Å². The number of aryl methyl sites for hydroxylation is 1. The van der Waals surface area contributed by atoms with Crippen LogP contribution in [-0.4, -0.2) is 72.5 Å². The molecule has 10 heteroatoms. The van der Waals surface area contributed by atoms with E-state index < -0.39 is 17.6 Å². The number of ether oxygens (including phenoxy) is 1. The van der Waals surface area contributed by atoms with Crippen LogP contribution in [0.3, 0.4) is 0 Å². The van der Waals surface area contributed by atoms with Gasteiger partial charge in [-0.25, -0.2) is 0 Å². The van der Waals surface area contributed by atoms with Crippen molar-refractivity contribution >= 4 is 23.2 Å². The number of carbonyl (C=O) groups is 2. The zero-order chi connectivity index (χ0) is 27.8. The van der Waals surface area contributed by atoms with Crippen LogP contribution in [0.2, 0.25) is 0 Å². The highest BCUT2D eigenvalue weighted by Gasteiger charge is 2.32. The molecule has 0 atom stereocenters. The molecule has 1 saturated heterocycles. The third kappa shape index (κ3) is 8.39. The van der Waals surface area contributed by atoms with Crippen LogP contribution >= 0.6 is 11.3 Å². The van der Waals surface area contributed by atoms with Crippen LogP contribution in [0.1, 0.15) is 31.2 Å². The fourth-order valence-electron chi connectivity index (χ4n) is 4.41. The van der Waals surface area contributed by atoms with Crippen LogP contribution in [0.25, 0.3) is 0 Å². The standard InChI is InChI=1S/C29H32F3N3O3S/c1-22-10-11-26(39-22)20-35(19-23-6-3-2-4-7-23)27(36)21-34(13-12-33-14-16-38-17-15-33)28(37)24-8-5-9-25(18-24)29(30,31)32/h2-11,18H,12-17,19-21H2,1H3. The lowest BCUT2D eigenvalue weighted by atomic mass is 10.1. The number of alkyl halides is 3. The number of benzene rings is 2. The molecule has 0 saturated carbocycles. The molecule has 1 aromatic heterocycles. The van der Waals surface area contributed by atoms with E-state index in [9.17, 15) is 22.8 Å². The van der Waals surface area contributed by atoms with Crippen molar-refractivity contribution in [2.24, 2.45) is 0 Å². The normalized spacial score (nSPS) is 14.3. The lowest BCUT2D eigenvalue weighted by molar-refractivity contribution is -0.137. The molecule has 2 heterocycles. The third-order valence-corrected chi connectivity index (χ3v) is 7.54. The molecule has 1 aliphatic heterocycles. The summed E-state index contributed by atoms with van der Waals surface area (Å²) < 4.78 is 45.4. The van der Waals surface area contributed by atoms with Gasteiger partial charge in [-0.15, -0.1) is 11.3 Å². The van der Waals surface area contributed by atoms with E-state index in [-0.39, 0.29) is 24.6 Å². The summed E-state index contributed by atoms with van der Waals surface area (Å²) in [7, 11) is 0. The maximum atomic E-state index is 13.7. The molecule has 1 aliphatic rings. The van der Waals surface area contributed by atoms with Gasteiger partial charge in [0.15, 0.2) is 0 Å². The first-order valence-electron chi connectivity index (χ1n) is 12.8. The van der Waals surface area contributed by atoms with E-state index in [0.29, 0.717) is 45.9 Å². The zero-order valence-electron chi connectivity index (χ0n) is 21.8. The number of halogens is 3. The topological polar surface area (TPSA) is 53.1 Å². The molecule has 0 aliphatic carbocycles. The number of hydrogen-bond acceptors (Lipinski definition) is 5. The highest BCUT2D eigenvalue weighted by molar-refractivity contribution is 7.11. The van der Waals surface area contributed by atoms with Crippen molar-refractivity contribution in [1.82, 2.24) is 14.7 Å². The Labute approximate surface area is 230 Å². The summed E-state index contributed by atoms with van der Waals surface area (Å²) in [5.41, 5.74) is -0.0436. The zero-order valence-corrected chi connectivity index (χ0v) is 22.6. The number of carbonyl (C=O) groups excluding carboxylic acids is 2. The summed E-state index contributed by atoms with van der Waals surface area (Å²) in [5.74, 6) is -0.874. The fourth-order valence-corrected chi connectivity index (χ4v) is 5.31. The van der Waals surface area contributed by atoms with Crippen LogP contribution in [0, 0.1) is 6.92 Å². The molecule has 39 heavy (non-hydrogen) atoms. The van der Waals surface area contributed by atoms with Crippen LogP contribution in [0.15, 0.2) is 66.7 Å². The Morgan fingerprint density at radius 2 is 1.69 bits per heavy atom. The average molecular weight is 560 g/mol. The van der Waals surface area contributed by atoms with Crippen molar-refractivity contribution in [3.8, 4) is 0 Å². The molecule has 2 amide bonds. The predicted molar refractivity (Wildman–Crippen MR) is 144 cm³/mol. The van der Waals surface area contributed by atoms with Crippen molar-refractivity contribution < 1.29 is 27.5 Å². The summed E-state index contributed by atoms with van der Waals surface area (Å²) in [6.07, 6.45) is -4.57. The van der Waals surface area contributed by atoms with Gasteiger partial charge in [0.05, 0.1) is 25.3 Å². The fraction of sp³-hybridized carbons (Fsp3) is 0.379. The monoisotopic (exact) mass is 559 g/mol. The van der Waals surface area contributed by atoms with Gasteiger partial charge in [-0.2, -0.15) is 13.2 Å². The van der Waals surface area contributed by atoms with Crippen LogP contribution in [-0.2, 0) is 28.8 Å². The smallest absolute Gasteiger partial charge is 0.379 e. The number of nitrogens with zero attached hydrogens (tertiary/aromatic N) is 3. The molecule has 0 unspecified atom stereocenters. The number of amides is 2. The molecular weight excluding hydrogens is 527 g/mol. The van der Waals surface area contributed by atoms with E-state index in [2.05, 4.69) is 4.90 Å². The summed E-state index contributed by atoms with van der Waals surface area (Å²) in [4.78, 5) is 34.6.